The summed E-state index contributed by atoms with van der Waals surface area (Å²) >= 11 is 0. The highest BCUT2D eigenvalue weighted by Crippen LogP contribution is 2.11. The van der Waals surface area contributed by atoms with Crippen molar-refractivity contribution in [1.82, 2.24) is 5.43 Å². The standard InChI is InChI=1S/C19H20N2O/c1-15-10-11-16(2)18(13-15)14-19(22)21-20-12-6-9-17-7-4-3-5-8-17/h3-13H,14H2,1-2H3,(H,21,22)/b9-6+,20-12-. The summed E-state index contributed by atoms with van der Waals surface area (Å²) < 4.78 is 0. The first-order valence-corrected chi connectivity index (χ1v) is 7.25. The number of benzene rings is 2. The minimum atomic E-state index is -0.113. The summed E-state index contributed by atoms with van der Waals surface area (Å²) in [6.07, 6.45) is 5.65. The molecular weight excluding hydrogens is 272 g/mol. The lowest BCUT2D eigenvalue weighted by atomic mass is 10.0. The molecule has 0 fully saturated rings. The lowest BCUT2D eigenvalue weighted by molar-refractivity contribution is -0.120. The average molecular weight is 292 g/mol. The zero-order valence-corrected chi connectivity index (χ0v) is 12.9. The summed E-state index contributed by atoms with van der Waals surface area (Å²) in [5, 5.41) is 3.92. The number of hydrogen-bond donors (Lipinski definition) is 1. The van der Waals surface area contributed by atoms with Crippen molar-refractivity contribution in [2.45, 2.75) is 20.3 Å². The highest BCUT2D eigenvalue weighted by atomic mass is 16.2. The molecule has 1 N–H and O–H groups in total. The first-order valence-electron chi connectivity index (χ1n) is 7.25. The molecule has 112 valence electrons. The fourth-order valence-corrected chi connectivity index (χ4v) is 2.07. The van der Waals surface area contributed by atoms with Crippen molar-refractivity contribution >= 4 is 18.2 Å². The van der Waals surface area contributed by atoms with Crippen molar-refractivity contribution < 1.29 is 4.79 Å². The Morgan fingerprint density at radius 2 is 1.91 bits per heavy atom. The van der Waals surface area contributed by atoms with E-state index in [-0.39, 0.29) is 5.91 Å². The third kappa shape index (κ3) is 5.02. The molecule has 0 radical (unpaired) electrons. The maximum atomic E-state index is 11.9. The van der Waals surface area contributed by atoms with Gasteiger partial charge in [0, 0.05) is 6.21 Å². The fourth-order valence-electron chi connectivity index (χ4n) is 2.07. The zero-order chi connectivity index (χ0) is 15.8. The Labute approximate surface area is 131 Å². The number of carbonyl (C=O) groups excluding carboxylic acids is 1. The predicted molar refractivity (Wildman–Crippen MR) is 91.7 cm³/mol. The topological polar surface area (TPSA) is 41.5 Å². The Kier molecular flexibility index (Phi) is 5.66. The smallest absolute Gasteiger partial charge is 0.244 e. The van der Waals surface area contributed by atoms with E-state index in [1.54, 1.807) is 12.3 Å². The molecule has 0 aliphatic carbocycles. The predicted octanol–water partition coefficient (Wildman–Crippen LogP) is 3.66. The Hall–Kier alpha value is -2.68. The molecule has 0 spiro atoms. The van der Waals surface area contributed by atoms with Crippen LogP contribution >= 0.6 is 0 Å². The van der Waals surface area contributed by atoms with Crippen molar-refractivity contribution in [2.75, 3.05) is 0 Å². The molecule has 3 nitrogen and oxygen atoms in total. The molecule has 2 aromatic rings. The van der Waals surface area contributed by atoms with Gasteiger partial charge in [0.2, 0.25) is 5.91 Å². The lowest BCUT2D eigenvalue weighted by Crippen LogP contribution is -2.20. The van der Waals surface area contributed by atoms with E-state index in [2.05, 4.69) is 10.5 Å². The quantitative estimate of drug-likeness (QED) is 0.663. The van der Waals surface area contributed by atoms with E-state index in [1.165, 1.54) is 0 Å². The SMILES string of the molecule is Cc1ccc(C)c(CC(=O)N/N=C\C=C\c2ccccc2)c1. The van der Waals surface area contributed by atoms with Crippen LogP contribution in [0, 0.1) is 13.8 Å². The Balaban J connectivity index is 1.84. The number of carbonyl (C=O) groups is 1. The normalized spacial score (nSPS) is 11.2. The van der Waals surface area contributed by atoms with E-state index >= 15 is 0 Å². The van der Waals surface area contributed by atoms with E-state index in [0.29, 0.717) is 6.42 Å². The van der Waals surface area contributed by atoms with E-state index in [9.17, 15) is 4.79 Å². The number of hydrogen-bond acceptors (Lipinski definition) is 2. The minimum Gasteiger partial charge on any atom is -0.273 e. The number of hydrazone groups is 1. The van der Waals surface area contributed by atoms with Gasteiger partial charge in [-0.1, -0.05) is 60.2 Å². The van der Waals surface area contributed by atoms with E-state index in [1.807, 2.05) is 68.5 Å². The van der Waals surface area contributed by atoms with E-state index < -0.39 is 0 Å². The van der Waals surface area contributed by atoms with Crippen LogP contribution < -0.4 is 5.43 Å². The Morgan fingerprint density at radius 3 is 2.68 bits per heavy atom. The highest BCUT2D eigenvalue weighted by Gasteiger charge is 2.04. The van der Waals surface area contributed by atoms with Crippen LogP contribution in [-0.4, -0.2) is 12.1 Å². The first kappa shape index (κ1) is 15.7. The van der Waals surface area contributed by atoms with Crippen molar-refractivity contribution in [1.29, 1.82) is 0 Å². The molecule has 0 bridgehead atoms. The molecule has 0 unspecified atom stereocenters. The molecule has 0 aliphatic heterocycles. The molecule has 0 aliphatic rings. The van der Waals surface area contributed by atoms with Crippen LogP contribution in [0.4, 0.5) is 0 Å². The van der Waals surface area contributed by atoms with Gasteiger partial charge in [-0.3, -0.25) is 4.79 Å². The summed E-state index contributed by atoms with van der Waals surface area (Å²) in [4.78, 5) is 11.9. The molecule has 22 heavy (non-hydrogen) atoms. The molecule has 0 saturated heterocycles. The summed E-state index contributed by atoms with van der Waals surface area (Å²) in [7, 11) is 0. The number of rotatable bonds is 5. The third-order valence-corrected chi connectivity index (χ3v) is 3.29. The van der Waals surface area contributed by atoms with Gasteiger partial charge in [-0.25, -0.2) is 5.43 Å². The van der Waals surface area contributed by atoms with Crippen molar-refractivity contribution in [3.8, 4) is 0 Å². The molecule has 2 aromatic carbocycles. The van der Waals surface area contributed by atoms with Crippen molar-refractivity contribution in [3.63, 3.8) is 0 Å². The largest absolute Gasteiger partial charge is 0.273 e. The van der Waals surface area contributed by atoms with Gasteiger partial charge in [-0.05, 0) is 36.6 Å². The fraction of sp³-hybridized carbons (Fsp3) is 0.158. The maximum Gasteiger partial charge on any atom is 0.244 e. The van der Waals surface area contributed by atoms with Crippen molar-refractivity contribution in [2.24, 2.45) is 5.10 Å². The van der Waals surface area contributed by atoms with Crippen LogP contribution in [0.15, 0.2) is 59.7 Å². The molecular formula is C19H20N2O. The zero-order valence-electron chi connectivity index (χ0n) is 12.9. The van der Waals surface area contributed by atoms with Gasteiger partial charge < -0.3 is 0 Å². The number of nitrogens with one attached hydrogen (secondary N) is 1. The number of amides is 1. The van der Waals surface area contributed by atoms with Crippen LogP contribution in [0.3, 0.4) is 0 Å². The van der Waals surface area contributed by atoms with Crippen LogP contribution in [0.1, 0.15) is 22.3 Å². The van der Waals surface area contributed by atoms with Crippen LogP contribution in [0.25, 0.3) is 6.08 Å². The lowest BCUT2D eigenvalue weighted by Gasteiger charge is -2.05. The third-order valence-electron chi connectivity index (χ3n) is 3.29. The Morgan fingerprint density at radius 1 is 1.14 bits per heavy atom. The Bertz CT molecular complexity index is 688. The van der Waals surface area contributed by atoms with Gasteiger partial charge >= 0.3 is 0 Å². The van der Waals surface area contributed by atoms with E-state index in [4.69, 9.17) is 0 Å². The van der Waals surface area contributed by atoms with Gasteiger partial charge in [0.05, 0.1) is 6.42 Å². The summed E-state index contributed by atoms with van der Waals surface area (Å²) in [5.74, 6) is -0.113. The maximum absolute atomic E-state index is 11.9. The number of aryl methyl sites for hydroxylation is 2. The highest BCUT2D eigenvalue weighted by molar-refractivity contribution is 5.82. The molecule has 0 aromatic heterocycles. The van der Waals surface area contributed by atoms with Gasteiger partial charge in [0.25, 0.3) is 0 Å². The van der Waals surface area contributed by atoms with Gasteiger partial charge in [0.15, 0.2) is 0 Å². The molecule has 0 atom stereocenters. The average Bonchev–Trinajstić information content (AvgIpc) is 2.51. The summed E-state index contributed by atoms with van der Waals surface area (Å²) in [6.45, 7) is 4.03. The second kappa shape index (κ2) is 7.93. The second-order valence-electron chi connectivity index (χ2n) is 5.19. The van der Waals surface area contributed by atoms with Gasteiger partial charge in [-0.15, -0.1) is 0 Å². The monoisotopic (exact) mass is 292 g/mol. The molecule has 2 rings (SSSR count). The van der Waals surface area contributed by atoms with Crippen LogP contribution in [-0.2, 0) is 11.2 Å². The molecule has 0 heterocycles. The minimum absolute atomic E-state index is 0.113. The van der Waals surface area contributed by atoms with Crippen LogP contribution in [0.5, 0.6) is 0 Å². The van der Waals surface area contributed by atoms with Gasteiger partial charge in [-0.2, -0.15) is 5.10 Å². The van der Waals surface area contributed by atoms with Crippen molar-refractivity contribution in [3.05, 3.63) is 76.9 Å². The van der Waals surface area contributed by atoms with E-state index in [0.717, 1.165) is 22.3 Å². The van der Waals surface area contributed by atoms with Crippen LogP contribution in [0.2, 0.25) is 0 Å². The first-order chi connectivity index (χ1) is 10.6. The summed E-state index contributed by atoms with van der Waals surface area (Å²) in [6, 6.07) is 16.0. The number of allylic oxidation sites excluding steroid dienone is 1. The summed E-state index contributed by atoms with van der Waals surface area (Å²) in [5.41, 5.74) is 6.95. The van der Waals surface area contributed by atoms with Gasteiger partial charge in [0.1, 0.15) is 0 Å². The second-order valence-corrected chi connectivity index (χ2v) is 5.19. The molecule has 1 amide bonds. The molecule has 3 heteroatoms. The number of nitrogens with zero attached hydrogens (tertiary/aromatic N) is 1. The molecule has 0 saturated carbocycles.